The smallest absolute Gasteiger partial charge is 0.163 e. The van der Waals surface area contributed by atoms with E-state index in [1.165, 1.54) is 11.1 Å². The van der Waals surface area contributed by atoms with Crippen LogP contribution >= 0.6 is 0 Å². The van der Waals surface area contributed by atoms with E-state index in [0.717, 1.165) is 28.5 Å². The zero-order chi connectivity index (χ0) is 20.1. The lowest BCUT2D eigenvalue weighted by atomic mass is 10.1. The minimum Gasteiger partial charge on any atom is -0.366 e. The monoisotopic (exact) mass is 381 g/mol. The molecule has 144 valence electrons. The Hall–Kier alpha value is -3.73. The van der Waals surface area contributed by atoms with Crippen LogP contribution < -0.4 is 10.6 Å². The van der Waals surface area contributed by atoms with Crippen LogP contribution in [0.2, 0.25) is 0 Å². The molecule has 0 saturated carbocycles. The fourth-order valence-corrected chi connectivity index (χ4v) is 3.02. The van der Waals surface area contributed by atoms with Crippen LogP contribution in [0.25, 0.3) is 11.4 Å². The summed E-state index contributed by atoms with van der Waals surface area (Å²) in [6.45, 7) is 4.84. The molecule has 5 heteroatoms. The van der Waals surface area contributed by atoms with Gasteiger partial charge in [-0.25, -0.2) is 9.97 Å². The van der Waals surface area contributed by atoms with Crippen molar-refractivity contribution in [2.45, 2.75) is 20.4 Å². The quantitative estimate of drug-likeness (QED) is 0.461. The van der Waals surface area contributed by atoms with Gasteiger partial charge in [0.1, 0.15) is 11.6 Å². The highest BCUT2D eigenvalue weighted by Crippen LogP contribution is 2.25. The molecule has 4 aromatic rings. The van der Waals surface area contributed by atoms with Crippen molar-refractivity contribution < 1.29 is 0 Å². The molecule has 2 heterocycles. The fraction of sp³-hybridized carbons (Fsp3) is 0.125. The first kappa shape index (κ1) is 18.6. The zero-order valence-electron chi connectivity index (χ0n) is 16.6. The van der Waals surface area contributed by atoms with Gasteiger partial charge >= 0.3 is 0 Å². The summed E-state index contributed by atoms with van der Waals surface area (Å²) in [5, 5.41) is 6.87. The lowest BCUT2D eigenvalue weighted by molar-refractivity contribution is 1.08. The minimum atomic E-state index is 0.663. The summed E-state index contributed by atoms with van der Waals surface area (Å²) >= 11 is 0. The number of rotatable bonds is 6. The van der Waals surface area contributed by atoms with Crippen LogP contribution in [-0.2, 0) is 6.54 Å². The van der Waals surface area contributed by atoms with Crippen molar-refractivity contribution in [2.24, 2.45) is 0 Å². The minimum absolute atomic E-state index is 0.663. The SMILES string of the molecule is Cc1ccc(C)c(Nc2cc(NCc3ccncc3)nc(-c3ccccc3)n2)c1. The van der Waals surface area contributed by atoms with E-state index in [-0.39, 0.29) is 0 Å². The Labute approximate surface area is 170 Å². The van der Waals surface area contributed by atoms with Crippen molar-refractivity contribution in [1.82, 2.24) is 15.0 Å². The van der Waals surface area contributed by atoms with E-state index in [2.05, 4.69) is 47.7 Å². The van der Waals surface area contributed by atoms with Crippen LogP contribution in [-0.4, -0.2) is 15.0 Å². The average Bonchev–Trinajstić information content (AvgIpc) is 2.76. The lowest BCUT2D eigenvalue weighted by Crippen LogP contribution is -2.05. The average molecular weight is 381 g/mol. The van der Waals surface area contributed by atoms with Crippen LogP contribution in [0.4, 0.5) is 17.3 Å². The summed E-state index contributed by atoms with van der Waals surface area (Å²) < 4.78 is 0. The molecule has 0 aliphatic rings. The van der Waals surface area contributed by atoms with Crippen molar-refractivity contribution in [1.29, 1.82) is 0 Å². The predicted octanol–water partition coefficient (Wildman–Crippen LogP) is 5.51. The summed E-state index contributed by atoms with van der Waals surface area (Å²) in [5.74, 6) is 2.20. The molecule has 2 N–H and O–H groups in total. The lowest BCUT2D eigenvalue weighted by Gasteiger charge is -2.13. The van der Waals surface area contributed by atoms with Gasteiger partial charge in [0, 0.05) is 36.3 Å². The van der Waals surface area contributed by atoms with E-state index in [0.29, 0.717) is 12.4 Å². The first-order chi connectivity index (χ1) is 14.2. The third kappa shape index (κ3) is 4.76. The highest BCUT2D eigenvalue weighted by atomic mass is 15.1. The first-order valence-electron chi connectivity index (χ1n) is 9.59. The van der Waals surface area contributed by atoms with Gasteiger partial charge in [0.05, 0.1) is 0 Å². The Morgan fingerprint density at radius 3 is 2.34 bits per heavy atom. The Morgan fingerprint density at radius 1 is 0.793 bits per heavy atom. The third-order valence-electron chi connectivity index (χ3n) is 4.64. The molecule has 0 bridgehead atoms. The molecule has 0 aliphatic carbocycles. The molecule has 0 unspecified atom stereocenters. The number of benzene rings is 2. The Morgan fingerprint density at radius 2 is 1.55 bits per heavy atom. The topological polar surface area (TPSA) is 62.7 Å². The van der Waals surface area contributed by atoms with Crippen molar-refractivity contribution in [3.8, 4) is 11.4 Å². The molecule has 2 aromatic carbocycles. The zero-order valence-corrected chi connectivity index (χ0v) is 16.6. The van der Waals surface area contributed by atoms with Crippen molar-refractivity contribution in [2.75, 3.05) is 10.6 Å². The molecule has 0 saturated heterocycles. The van der Waals surface area contributed by atoms with Gasteiger partial charge in [-0.1, -0.05) is 42.5 Å². The molecule has 4 rings (SSSR count). The van der Waals surface area contributed by atoms with E-state index < -0.39 is 0 Å². The summed E-state index contributed by atoms with van der Waals surface area (Å²) in [6, 6.07) is 22.3. The fourth-order valence-electron chi connectivity index (χ4n) is 3.02. The maximum atomic E-state index is 4.75. The molecule has 2 aromatic heterocycles. The summed E-state index contributed by atoms with van der Waals surface area (Å²) in [7, 11) is 0. The standard InChI is InChI=1S/C24H23N5/c1-17-8-9-18(2)21(14-17)27-23-15-22(26-16-19-10-12-25-13-11-19)28-24(29-23)20-6-4-3-5-7-20/h3-15H,16H2,1-2H3,(H2,26,27,28,29). The Kier molecular flexibility index (Phi) is 5.47. The van der Waals surface area contributed by atoms with Gasteiger partial charge in [-0.3, -0.25) is 4.98 Å². The summed E-state index contributed by atoms with van der Waals surface area (Å²) in [6.07, 6.45) is 3.58. The van der Waals surface area contributed by atoms with Crippen LogP contribution in [0.1, 0.15) is 16.7 Å². The number of pyridine rings is 1. The molecular weight excluding hydrogens is 358 g/mol. The number of nitrogens with one attached hydrogen (secondary N) is 2. The van der Waals surface area contributed by atoms with Gasteiger partial charge in [-0.2, -0.15) is 0 Å². The van der Waals surface area contributed by atoms with Gasteiger partial charge < -0.3 is 10.6 Å². The molecule has 0 atom stereocenters. The van der Waals surface area contributed by atoms with Crippen molar-refractivity contribution in [3.05, 3.63) is 95.8 Å². The summed E-state index contributed by atoms with van der Waals surface area (Å²) in [5.41, 5.74) is 5.53. The number of nitrogens with zero attached hydrogens (tertiary/aromatic N) is 3. The Bertz CT molecular complexity index is 1090. The van der Waals surface area contributed by atoms with E-state index in [4.69, 9.17) is 9.97 Å². The van der Waals surface area contributed by atoms with Gasteiger partial charge in [-0.05, 0) is 48.7 Å². The number of hydrogen-bond donors (Lipinski definition) is 2. The van der Waals surface area contributed by atoms with Crippen LogP contribution in [0, 0.1) is 13.8 Å². The normalized spacial score (nSPS) is 10.6. The molecule has 0 radical (unpaired) electrons. The van der Waals surface area contributed by atoms with E-state index in [1.54, 1.807) is 12.4 Å². The highest BCUT2D eigenvalue weighted by Gasteiger charge is 2.09. The highest BCUT2D eigenvalue weighted by molar-refractivity contribution is 5.67. The number of aryl methyl sites for hydroxylation is 2. The molecular formula is C24H23N5. The second kappa shape index (κ2) is 8.52. The van der Waals surface area contributed by atoms with Gasteiger partial charge in [0.25, 0.3) is 0 Å². The van der Waals surface area contributed by atoms with Gasteiger partial charge in [0.2, 0.25) is 0 Å². The molecule has 0 fully saturated rings. The molecule has 5 nitrogen and oxygen atoms in total. The molecule has 0 amide bonds. The third-order valence-corrected chi connectivity index (χ3v) is 4.64. The number of anilines is 3. The van der Waals surface area contributed by atoms with Crippen molar-refractivity contribution in [3.63, 3.8) is 0 Å². The molecule has 0 spiro atoms. The largest absolute Gasteiger partial charge is 0.366 e. The van der Waals surface area contributed by atoms with Gasteiger partial charge in [0.15, 0.2) is 5.82 Å². The van der Waals surface area contributed by atoms with Crippen molar-refractivity contribution >= 4 is 17.3 Å². The van der Waals surface area contributed by atoms with Crippen LogP contribution in [0.3, 0.4) is 0 Å². The van der Waals surface area contributed by atoms with E-state index >= 15 is 0 Å². The first-order valence-corrected chi connectivity index (χ1v) is 9.59. The van der Waals surface area contributed by atoms with Crippen LogP contribution in [0.15, 0.2) is 79.1 Å². The van der Waals surface area contributed by atoms with Gasteiger partial charge in [-0.15, -0.1) is 0 Å². The number of aromatic nitrogens is 3. The molecule has 0 aliphatic heterocycles. The second-order valence-electron chi connectivity index (χ2n) is 6.98. The van der Waals surface area contributed by atoms with Crippen LogP contribution in [0.5, 0.6) is 0 Å². The van der Waals surface area contributed by atoms with E-state index in [9.17, 15) is 0 Å². The predicted molar refractivity (Wildman–Crippen MR) is 118 cm³/mol. The molecule has 29 heavy (non-hydrogen) atoms. The van der Waals surface area contributed by atoms with E-state index in [1.807, 2.05) is 48.5 Å². The number of hydrogen-bond acceptors (Lipinski definition) is 5. The summed E-state index contributed by atoms with van der Waals surface area (Å²) in [4.78, 5) is 13.5. The maximum absolute atomic E-state index is 4.75. The maximum Gasteiger partial charge on any atom is 0.163 e. The Balaban J connectivity index is 1.67. The second-order valence-corrected chi connectivity index (χ2v) is 6.98.